The van der Waals surface area contributed by atoms with E-state index in [-0.39, 0.29) is 5.82 Å². The highest BCUT2D eigenvalue weighted by Gasteiger charge is 2.20. The van der Waals surface area contributed by atoms with Crippen LogP contribution in [0.2, 0.25) is 0 Å². The van der Waals surface area contributed by atoms with E-state index in [0.717, 1.165) is 62.8 Å². The van der Waals surface area contributed by atoms with Crippen LogP contribution in [0.15, 0.2) is 47.6 Å². The molecular weight excluding hydrogens is 353 g/mol. The Morgan fingerprint density at radius 3 is 2.75 bits per heavy atom. The third-order valence-electron chi connectivity index (χ3n) is 5.00. The standard InChI is InChI=1S/C22H30FN5/c1-3-24-22(25-12-9-18-8-7-17(2)26-16-18)27-20-10-13-28(14-11-20)21-6-4-5-19(23)15-21/h4-8,15-16,20H,3,9-14H2,1-2H3,(H2,24,25,27). The number of rotatable bonds is 6. The van der Waals surface area contributed by atoms with Gasteiger partial charge in [-0.15, -0.1) is 0 Å². The molecule has 2 N–H and O–H groups in total. The smallest absolute Gasteiger partial charge is 0.191 e. The van der Waals surface area contributed by atoms with Gasteiger partial charge in [0.05, 0.1) is 0 Å². The highest BCUT2D eigenvalue weighted by Crippen LogP contribution is 2.20. The van der Waals surface area contributed by atoms with Crippen molar-refractivity contribution in [2.45, 2.75) is 39.2 Å². The van der Waals surface area contributed by atoms with Crippen LogP contribution in [0.4, 0.5) is 10.1 Å². The van der Waals surface area contributed by atoms with Crippen LogP contribution in [0.5, 0.6) is 0 Å². The lowest BCUT2D eigenvalue weighted by atomic mass is 10.0. The molecule has 28 heavy (non-hydrogen) atoms. The molecule has 6 heteroatoms. The molecule has 0 bridgehead atoms. The van der Waals surface area contributed by atoms with Gasteiger partial charge in [0.1, 0.15) is 5.82 Å². The molecule has 3 rings (SSSR count). The minimum atomic E-state index is -0.178. The van der Waals surface area contributed by atoms with Gasteiger partial charge in [-0.05, 0) is 62.9 Å². The van der Waals surface area contributed by atoms with Crippen LogP contribution < -0.4 is 15.5 Å². The molecule has 1 aliphatic rings. The second-order valence-electron chi connectivity index (χ2n) is 7.20. The van der Waals surface area contributed by atoms with Crippen LogP contribution in [-0.4, -0.2) is 43.2 Å². The Bertz CT molecular complexity index is 767. The molecular formula is C22H30FN5. The predicted molar refractivity (Wildman–Crippen MR) is 113 cm³/mol. The molecule has 0 spiro atoms. The quantitative estimate of drug-likeness (QED) is 0.594. The number of hydrogen-bond donors (Lipinski definition) is 2. The molecule has 2 heterocycles. The normalized spacial score (nSPS) is 15.5. The van der Waals surface area contributed by atoms with E-state index in [1.54, 1.807) is 12.1 Å². The first-order valence-corrected chi connectivity index (χ1v) is 10.1. The third-order valence-corrected chi connectivity index (χ3v) is 5.00. The van der Waals surface area contributed by atoms with Crippen LogP contribution in [-0.2, 0) is 6.42 Å². The average Bonchev–Trinajstić information content (AvgIpc) is 2.70. The van der Waals surface area contributed by atoms with Crippen molar-refractivity contribution in [1.29, 1.82) is 0 Å². The minimum Gasteiger partial charge on any atom is -0.371 e. The van der Waals surface area contributed by atoms with Gasteiger partial charge in [0, 0.05) is 49.8 Å². The first kappa shape index (κ1) is 20.1. The number of aryl methyl sites for hydroxylation is 1. The summed E-state index contributed by atoms with van der Waals surface area (Å²) in [5.74, 6) is 0.690. The summed E-state index contributed by atoms with van der Waals surface area (Å²) >= 11 is 0. The number of aromatic nitrogens is 1. The lowest BCUT2D eigenvalue weighted by molar-refractivity contribution is 0.461. The monoisotopic (exact) mass is 383 g/mol. The van der Waals surface area contributed by atoms with Gasteiger partial charge in [-0.25, -0.2) is 4.39 Å². The summed E-state index contributed by atoms with van der Waals surface area (Å²) in [5, 5.41) is 6.89. The van der Waals surface area contributed by atoms with Crippen LogP contribution in [0.1, 0.15) is 31.0 Å². The lowest BCUT2D eigenvalue weighted by Crippen LogP contribution is -2.48. The number of anilines is 1. The van der Waals surface area contributed by atoms with Gasteiger partial charge in [0.25, 0.3) is 0 Å². The number of benzene rings is 1. The zero-order chi connectivity index (χ0) is 19.8. The Balaban J connectivity index is 1.49. The number of pyridine rings is 1. The van der Waals surface area contributed by atoms with Crippen molar-refractivity contribution < 1.29 is 4.39 Å². The number of hydrogen-bond acceptors (Lipinski definition) is 3. The largest absolute Gasteiger partial charge is 0.371 e. The SMILES string of the molecule is CCNC(=NCCc1ccc(C)nc1)NC1CCN(c2cccc(F)c2)CC1. The summed E-state index contributed by atoms with van der Waals surface area (Å²) < 4.78 is 13.4. The van der Waals surface area contributed by atoms with Crippen molar-refractivity contribution in [2.75, 3.05) is 31.1 Å². The van der Waals surface area contributed by atoms with E-state index in [0.29, 0.717) is 6.04 Å². The molecule has 1 aliphatic heterocycles. The number of guanidine groups is 1. The Morgan fingerprint density at radius 2 is 2.07 bits per heavy atom. The summed E-state index contributed by atoms with van der Waals surface area (Å²) in [6, 6.07) is 11.4. The predicted octanol–water partition coefficient (Wildman–Crippen LogP) is 3.30. The molecule has 1 fully saturated rings. The third kappa shape index (κ3) is 5.94. The van der Waals surface area contributed by atoms with Crippen LogP contribution in [0.25, 0.3) is 0 Å². The second kappa shape index (κ2) is 10.1. The van der Waals surface area contributed by atoms with Crippen molar-refractivity contribution in [3.05, 3.63) is 59.7 Å². The maximum Gasteiger partial charge on any atom is 0.191 e. The van der Waals surface area contributed by atoms with Gasteiger partial charge in [0.15, 0.2) is 5.96 Å². The summed E-state index contributed by atoms with van der Waals surface area (Å²) in [5.41, 5.74) is 3.20. The van der Waals surface area contributed by atoms with Gasteiger partial charge in [-0.3, -0.25) is 9.98 Å². The van der Waals surface area contributed by atoms with Gasteiger partial charge < -0.3 is 15.5 Å². The molecule has 0 aliphatic carbocycles. The van der Waals surface area contributed by atoms with E-state index >= 15 is 0 Å². The molecule has 2 aromatic rings. The summed E-state index contributed by atoms with van der Waals surface area (Å²) in [7, 11) is 0. The molecule has 1 aromatic heterocycles. The fourth-order valence-electron chi connectivity index (χ4n) is 3.41. The molecule has 1 saturated heterocycles. The van der Waals surface area contributed by atoms with Gasteiger partial charge in [-0.2, -0.15) is 0 Å². The fourth-order valence-corrected chi connectivity index (χ4v) is 3.41. The van der Waals surface area contributed by atoms with E-state index in [1.165, 1.54) is 11.6 Å². The Hall–Kier alpha value is -2.63. The molecule has 0 radical (unpaired) electrons. The maximum absolute atomic E-state index is 13.4. The first-order valence-electron chi connectivity index (χ1n) is 10.1. The van der Waals surface area contributed by atoms with E-state index < -0.39 is 0 Å². The second-order valence-corrected chi connectivity index (χ2v) is 7.20. The minimum absolute atomic E-state index is 0.178. The van der Waals surface area contributed by atoms with Gasteiger partial charge >= 0.3 is 0 Å². The summed E-state index contributed by atoms with van der Waals surface area (Å²) in [4.78, 5) is 11.3. The zero-order valence-electron chi connectivity index (χ0n) is 16.8. The summed E-state index contributed by atoms with van der Waals surface area (Å²) in [6.07, 6.45) is 4.81. The van der Waals surface area contributed by atoms with E-state index in [2.05, 4.69) is 33.5 Å². The van der Waals surface area contributed by atoms with Crippen LogP contribution >= 0.6 is 0 Å². The van der Waals surface area contributed by atoms with Crippen LogP contribution in [0.3, 0.4) is 0 Å². The van der Waals surface area contributed by atoms with Crippen molar-refractivity contribution in [3.63, 3.8) is 0 Å². The summed E-state index contributed by atoms with van der Waals surface area (Å²) in [6.45, 7) is 7.45. The van der Waals surface area contributed by atoms with E-state index in [9.17, 15) is 4.39 Å². The first-order chi connectivity index (χ1) is 13.6. The van der Waals surface area contributed by atoms with Gasteiger partial charge in [-0.1, -0.05) is 12.1 Å². The van der Waals surface area contributed by atoms with E-state index in [1.807, 2.05) is 25.3 Å². The number of nitrogens with one attached hydrogen (secondary N) is 2. The number of nitrogens with zero attached hydrogens (tertiary/aromatic N) is 3. The number of piperidine rings is 1. The molecule has 0 amide bonds. The average molecular weight is 384 g/mol. The van der Waals surface area contributed by atoms with E-state index in [4.69, 9.17) is 4.99 Å². The highest BCUT2D eigenvalue weighted by molar-refractivity contribution is 5.80. The van der Waals surface area contributed by atoms with Crippen molar-refractivity contribution in [3.8, 4) is 0 Å². The van der Waals surface area contributed by atoms with Crippen molar-refractivity contribution in [2.24, 2.45) is 4.99 Å². The molecule has 0 unspecified atom stereocenters. The number of halogens is 1. The highest BCUT2D eigenvalue weighted by atomic mass is 19.1. The Labute approximate surface area is 167 Å². The molecule has 0 saturated carbocycles. The zero-order valence-corrected chi connectivity index (χ0v) is 16.8. The fraction of sp³-hybridized carbons (Fsp3) is 0.455. The molecule has 5 nitrogen and oxygen atoms in total. The molecule has 1 aromatic carbocycles. The molecule has 0 atom stereocenters. The Morgan fingerprint density at radius 1 is 1.25 bits per heavy atom. The van der Waals surface area contributed by atoms with Crippen LogP contribution in [0, 0.1) is 12.7 Å². The Kier molecular flexibility index (Phi) is 7.23. The topological polar surface area (TPSA) is 52.6 Å². The molecule has 150 valence electrons. The lowest BCUT2D eigenvalue weighted by Gasteiger charge is -2.34. The number of aliphatic imine (C=N–C) groups is 1. The maximum atomic E-state index is 13.4. The van der Waals surface area contributed by atoms with Gasteiger partial charge in [0.2, 0.25) is 0 Å². The van der Waals surface area contributed by atoms with Crippen molar-refractivity contribution in [1.82, 2.24) is 15.6 Å². The van der Waals surface area contributed by atoms with Crippen molar-refractivity contribution >= 4 is 11.6 Å².